The molecule has 0 saturated heterocycles. The molecule has 6 nitrogen and oxygen atoms in total. The van der Waals surface area contributed by atoms with E-state index < -0.39 is 0 Å². The second-order valence-corrected chi connectivity index (χ2v) is 6.90. The van der Waals surface area contributed by atoms with E-state index in [1.54, 1.807) is 43.8 Å². The van der Waals surface area contributed by atoms with Gasteiger partial charge in [0.1, 0.15) is 12.4 Å². The van der Waals surface area contributed by atoms with E-state index >= 15 is 0 Å². The van der Waals surface area contributed by atoms with Gasteiger partial charge in [-0.05, 0) is 53.6 Å². The fraction of sp³-hybridized carbons (Fsp3) is 0.217. The third-order valence-corrected chi connectivity index (χ3v) is 4.49. The lowest BCUT2D eigenvalue weighted by molar-refractivity contribution is -0.121. The average molecular weight is 427 g/mol. The number of ether oxygens (including phenoxy) is 3. The maximum atomic E-state index is 12.1. The highest BCUT2D eigenvalue weighted by Gasteiger charge is 2.08. The van der Waals surface area contributed by atoms with E-state index in [-0.39, 0.29) is 18.9 Å². The molecular weight excluding hydrogens is 404 g/mol. The van der Waals surface area contributed by atoms with Crippen molar-refractivity contribution < 1.29 is 19.0 Å². The third-order valence-electron chi connectivity index (χ3n) is 4.26. The predicted octanol–water partition coefficient (Wildman–Crippen LogP) is 4.41. The van der Waals surface area contributed by atoms with Crippen LogP contribution in [-0.2, 0) is 17.9 Å². The molecule has 0 spiro atoms. The minimum absolute atomic E-state index is 0.103. The van der Waals surface area contributed by atoms with Gasteiger partial charge in [0, 0.05) is 24.0 Å². The summed E-state index contributed by atoms with van der Waals surface area (Å²) in [5.41, 5.74) is 1.93. The van der Waals surface area contributed by atoms with Gasteiger partial charge in [-0.25, -0.2) is 0 Å². The van der Waals surface area contributed by atoms with Crippen LogP contribution in [0, 0.1) is 0 Å². The summed E-state index contributed by atoms with van der Waals surface area (Å²) in [6.45, 7) is 1.08. The molecule has 0 aliphatic heterocycles. The Bertz CT molecular complexity index is 966. The summed E-state index contributed by atoms with van der Waals surface area (Å²) in [4.78, 5) is 16.1. The van der Waals surface area contributed by atoms with E-state index in [9.17, 15) is 4.79 Å². The highest BCUT2D eigenvalue weighted by Crippen LogP contribution is 2.28. The summed E-state index contributed by atoms with van der Waals surface area (Å²) in [5.74, 6) is 1.79. The van der Waals surface area contributed by atoms with E-state index in [2.05, 4.69) is 10.3 Å². The zero-order valence-electron chi connectivity index (χ0n) is 16.6. The first-order valence-corrected chi connectivity index (χ1v) is 9.85. The molecule has 3 aromatic rings. The van der Waals surface area contributed by atoms with Crippen LogP contribution >= 0.6 is 11.6 Å². The van der Waals surface area contributed by atoms with Crippen LogP contribution in [0.3, 0.4) is 0 Å². The number of hydrogen-bond acceptors (Lipinski definition) is 5. The quantitative estimate of drug-likeness (QED) is 0.520. The minimum atomic E-state index is -0.103. The maximum absolute atomic E-state index is 12.1. The molecule has 0 aliphatic carbocycles. The molecule has 0 aliphatic rings. The highest BCUT2D eigenvalue weighted by atomic mass is 35.5. The lowest BCUT2D eigenvalue weighted by Crippen LogP contribution is -2.24. The number of pyridine rings is 1. The molecule has 0 radical (unpaired) electrons. The molecular formula is C23H23ClN2O4. The second-order valence-electron chi connectivity index (χ2n) is 6.46. The van der Waals surface area contributed by atoms with Gasteiger partial charge in [0.15, 0.2) is 11.5 Å². The summed E-state index contributed by atoms with van der Waals surface area (Å²) in [6.07, 6.45) is 3.69. The Morgan fingerprint density at radius 3 is 2.60 bits per heavy atom. The Kier molecular flexibility index (Phi) is 7.92. The Balaban J connectivity index is 1.45. The number of aromatic nitrogens is 1. The molecule has 3 rings (SSSR count). The first-order valence-electron chi connectivity index (χ1n) is 9.48. The van der Waals surface area contributed by atoms with Crippen molar-refractivity contribution in [2.75, 3.05) is 13.7 Å². The molecule has 0 bridgehead atoms. The van der Waals surface area contributed by atoms with E-state index in [1.807, 2.05) is 30.3 Å². The summed E-state index contributed by atoms with van der Waals surface area (Å²) >= 11 is 5.91. The standard InChI is InChI=1S/C23H23ClN2O4/c1-28-22-13-18(5-6-21(22)30-16-17-7-10-25-11-8-17)15-26-23(27)9-12-29-20-4-2-3-19(24)14-20/h2-8,10-11,13-14H,9,12,15-16H2,1H3,(H,26,27). The van der Waals surface area contributed by atoms with E-state index in [0.29, 0.717) is 35.4 Å². The fourth-order valence-electron chi connectivity index (χ4n) is 2.69. The Hall–Kier alpha value is -3.25. The van der Waals surface area contributed by atoms with Gasteiger partial charge in [-0.1, -0.05) is 23.7 Å². The van der Waals surface area contributed by atoms with Crippen LogP contribution < -0.4 is 19.5 Å². The molecule has 156 valence electrons. The number of carbonyl (C=O) groups is 1. The number of nitrogens with zero attached hydrogens (tertiary/aromatic N) is 1. The van der Waals surface area contributed by atoms with Crippen molar-refractivity contribution in [1.82, 2.24) is 10.3 Å². The predicted molar refractivity (Wildman–Crippen MR) is 115 cm³/mol. The number of carbonyl (C=O) groups excluding carboxylic acids is 1. The van der Waals surface area contributed by atoms with Crippen molar-refractivity contribution in [3.8, 4) is 17.2 Å². The van der Waals surface area contributed by atoms with Gasteiger partial charge in [0.25, 0.3) is 0 Å². The van der Waals surface area contributed by atoms with Crippen molar-refractivity contribution >= 4 is 17.5 Å². The smallest absolute Gasteiger partial charge is 0.223 e. The molecule has 1 heterocycles. The van der Waals surface area contributed by atoms with Gasteiger partial charge in [0.05, 0.1) is 20.1 Å². The van der Waals surface area contributed by atoms with Gasteiger partial charge in [-0.2, -0.15) is 0 Å². The SMILES string of the molecule is COc1cc(CNC(=O)CCOc2cccc(Cl)c2)ccc1OCc1ccncc1. The van der Waals surface area contributed by atoms with Crippen LogP contribution in [0.15, 0.2) is 67.0 Å². The van der Waals surface area contributed by atoms with Crippen LogP contribution in [0.5, 0.6) is 17.2 Å². The van der Waals surface area contributed by atoms with E-state index in [0.717, 1.165) is 11.1 Å². The van der Waals surface area contributed by atoms with Gasteiger partial charge in [0.2, 0.25) is 5.91 Å². The normalized spacial score (nSPS) is 10.3. The van der Waals surface area contributed by atoms with Crippen molar-refractivity contribution in [2.45, 2.75) is 19.6 Å². The van der Waals surface area contributed by atoms with Crippen LogP contribution in [0.4, 0.5) is 0 Å². The number of benzene rings is 2. The van der Waals surface area contributed by atoms with Gasteiger partial charge >= 0.3 is 0 Å². The summed E-state index contributed by atoms with van der Waals surface area (Å²) in [7, 11) is 1.59. The Morgan fingerprint density at radius 2 is 1.83 bits per heavy atom. The summed E-state index contributed by atoms with van der Waals surface area (Å²) in [6, 6.07) is 16.5. The van der Waals surface area contributed by atoms with Crippen LogP contribution in [0.2, 0.25) is 5.02 Å². The molecule has 7 heteroatoms. The molecule has 0 atom stereocenters. The molecule has 30 heavy (non-hydrogen) atoms. The van der Waals surface area contributed by atoms with E-state index in [1.165, 1.54) is 0 Å². The van der Waals surface area contributed by atoms with Crippen molar-refractivity contribution in [3.05, 3.63) is 83.1 Å². The lowest BCUT2D eigenvalue weighted by Gasteiger charge is -2.13. The zero-order valence-corrected chi connectivity index (χ0v) is 17.4. The fourth-order valence-corrected chi connectivity index (χ4v) is 2.87. The summed E-state index contributed by atoms with van der Waals surface area (Å²) in [5, 5.41) is 3.47. The highest BCUT2D eigenvalue weighted by molar-refractivity contribution is 6.30. The maximum Gasteiger partial charge on any atom is 0.223 e. The molecule has 1 amide bonds. The Labute approximate surface area is 180 Å². The average Bonchev–Trinajstić information content (AvgIpc) is 2.77. The summed E-state index contributed by atoms with van der Waals surface area (Å²) < 4.78 is 16.8. The first-order chi connectivity index (χ1) is 14.6. The van der Waals surface area contributed by atoms with Crippen molar-refractivity contribution in [3.63, 3.8) is 0 Å². The molecule has 1 aromatic heterocycles. The van der Waals surface area contributed by atoms with Crippen LogP contribution in [0.1, 0.15) is 17.5 Å². The molecule has 0 fully saturated rings. The number of hydrogen-bond donors (Lipinski definition) is 1. The van der Waals surface area contributed by atoms with Crippen LogP contribution in [0.25, 0.3) is 0 Å². The first kappa shape index (κ1) is 21.5. The van der Waals surface area contributed by atoms with Gasteiger partial charge in [-0.15, -0.1) is 0 Å². The van der Waals surface area contributed by atoms with Crippen molar-refractivity contribution in [1.29, 1.82) is 0 Å². The second kappa shape index (κ2) is 11.1. The van der Waals surface area contributed by atoms with E-state index in [4.69, 9.17) is 25.8 Å². The number of rotatable bonds is 10. The lowest BCUT2D eigenvalue weighted by atomic mass is 10.2. The molecule has 0 unspecified atom stereocenters. The largest absolute Gasteiger partial charge is 0.493 e. The van der Waals surface area contributed by atoms with Gasteiger partial charge in [-0.3, -0.25) is 9.78 Å². The zero-order chi connectivity index (χ0) is 21.2. The topological polar surface area (TPSA) is 69.7 Å². The minimum Gasteiger partial charge on any atom is -0.493 e. The number of methoxy groups -OCH3 is 1. The third kappa shape index (κ3) is 6.67. The molecule has 0 saturated carbocycles. The number of nitrogens with one attached hydrogen (secondary N) is 1. The molecule has 2 aromatic carbocycles. The number of amides is 1. The van der Waals surface area contributed by atoms with Crippen molar-refractivity contribution in [2.24, 2.45) is 0 Å². The monoisotopic (exact) mass is 426 g/mol. The Morgan fingerprint density at radius 1 is 1.00 bits per heavy atom. The van der Waals surface area contributed by atoms with Crippen LogP contribution in [-0.4, -0.2) is 24.6 Å². The van der Waals surface area contributed by atoms with Gasteiger partial charge < -0.3 is 19.5 Å². The molecule has 1 N–H and O–H groups in total. The number of halogens is 1.